The molecule has 0 aliphatic rings. The van der Waals surface area contributed by atoms with E-state index >= 15 is 0 Å². The van der Waals surface area contributed by atoms with Crippen LogP contribution in [0.1, 0.15) is 11.1 Å². The minimum absolute atomic E-state index is 0.0722. The molecule has 6 heteroatoms. The molecule has 0 amide bonds. The van der Waals surface area contributed by atoms with Gasteiger partial charge in [0.2, 0.25) is 0 Å². The molecule has 2 N–H and O–H groups in total. The quantitative estimate of drug-likeness (QED) is 0.686. The SMILES string of the molecule is Cc1ccc(CN)cc1Oc1cc([N+](=O)[O-])ccc1Cl. The van der Waals surface area contributed by atoms with Crippen LogP contribution in [-0.2, 0) is 6.54 Å². The zero-order valence-electron chi connectivity index (χ0n) is 10.8. The van der Waals surface area contributed by atoms with Crippen LogP contribution in [0.15, 0.2) is 36.4 Å². The van der Waals surface area contributed by atoms with Crippen molar-refractivity contribution in [1.29, 1.82) is 0 Å². The van der Waals surface area contributed by atoms with Gasteiger partial charge in [0, 0.05) is 12.6 Å². The maximum Gasteiger partial charge on any atom is 0.273 e. The van der Waals surface area contributed by atoms with Crippen molar-refractivity contribution in [2.75, 3.05) is 0 Å². The van der Waals surface area contributed by atoms with Gasteiger partial charge in [-0.15, -0.1) is 0 Å². The monoisotopic (exact) mass is 292 g/mol. The summed E-state index contributed by atoms with van der Waals surface area (Å²) in [6.07, 6.45) is 0. The van der Waals surface area contributed by atoms with E-state index in [0.29, 0.717) is 17.3 Å². The van der Waals surface area contributed by atoms with Crippen LogP contribution in [0.25, 0.3) is 0 Å². The lowest BCUT2D eigenvalue weighted by molar-refractivity contribution is -0.384. The summed E-state index contributed by atoms with van der Waals surface area (Å²) in [7, 11) is 0. The molecule has 0 spiro atoms. The van der Waals surface area contributed by atoms with Gasteiger partial charge in [-0.3, -0.25) is 10.1 Å². The highest BCUT2D eigenvalue weighted by Crippen LogP contribution is 2.34. The van der Waals surface area contributed by atoms with Crippen LogP contribution in [0.3, 0.4) is 0 Å². The third-order valence-corrected chi connectivity index (χ3v) is 3.15. The molecule has 2 aromatic rings. The molecule has 104 valence electrons. The number of ether oxygens (including phenoxy) is 1. The molecule has 0 unspecified atom stereocenters. The van der Waals surface area contributed by atoms with E-state index in [1.54, 1.807) is 6.07 Å². The molecule has 0 aliphatic heterocycles. The molecule has 0 saturated heterocycles. The van der Waals surface area contributed by atoms with Crippen molar-refractivity contribution in [1.82, 2.24) is 0 Å². The summed E-state index contributed by atoms with van der Waals surface area (Å²) in [4.78, 5) is 10.3. The third-order valence-electron chi connectivity index (χ3n) is 2.83. The van der Waals surface area contributed by atoms with Gasteiger partial charge in [-0.2, -0.15) is 0 Å². The average molecular weight is 293 g/mol. The number of rotatable bonds is 4. The van der Waals surface area contributed by atoms with Crippen molar-refractivity contribution in [3.8, 4) is 11.5 Å². The number of aryl methyl sites for hydroxylation is 1. The highest BCUT2D eigenvalue weighted by Gasteiger charge is 2.12. The van der Waals surface area contributed by atoms with Crippen molar-refractivity contribution in [2.24, 2.45) is 5.73 Å². The van der Waals surface area contributed by atoms with Crippen LogP contribution in [0.2, 0.25) is 5.02 Å². The lowest BCUT2D eigenvalue weighted by Crippen LogP contribution is -1.98. The zero-order chi connectivity index (χ0) is 14.7. The summed E-state index contributed by atoms with van der Waals surface area (Å²) < 4.78 is 5.68. The Bertz CT molecular complexity index is 659. The predicted octanol–water partition coefficient (Wildman–Crippen LogP) is 3.81. The van der Waals surface area contributed by atoms with E-state index in [9.17, 15) is 10.1 Å². The second-order valence-corrected chi connectivity index (χ2v) is 4.69. The normalized spacial score (nSPS) is 10.3. The van der Waals surface area contributed by atoms with Gasteiger partial charge in [0.05, 0.1) is 16.0 Å². The zero-order valence-corrected chi connectivity index (χ0v) is 11.6. The Morgan fingerprint density at radius 3 is 2.65 bits per heavy atom. The Kier molecular flexibility index (Phi) is 4.22. The topological polar surface area (TPSA) is 78.4 Å². The second kappa shape index (κ2) is 5.90. The number of hydrogen-bond acceptors (Lipinski definition) is 4. The standard InChI is InChI=1S/C14H13ClN2O3/c1-9-2-3-10(8-16)6-13(9)20-14-7-11(17(18)19)4-5-12(14)15/h2-7H,8,16H2,1H3. The van der Waals surface area contributed by atoms with E-state index in [-0.39, 0.29) is 11.4 Å². The first-order valence-corrected chi connectivity index (χ1v) is 6.30. The number of non-ortho nitro benzene ring substituents is 1. The van der Waals surface area contributed by atoms with Crippen molar-refractivity contribution in [3.63, 3.8) is 0 Å². The molecule has 0 heterocycles. The average Bonchev–Trinajstić information content (AvgIpc) is 2.43. The van der Waals surface area contributed by atoms with Gasteiger partial charge in [-0.25, -0.2) is 0 Å². The molecular formula is C14H13ClN2O3. The molecule has 2 aromatic carbocycles. The smallest absolute Gasteiger partial charge is 0.273 e. The molecule has 2 rings (SSSR count). The molecule has 0 fully saturated rings. The van der Waals surface area contributed by atoms with E-state index in [0.717, 1.165) is 11.1 Å². The van der Waals surface area contributed by atoms with Gasteiger partial charge in [-0.05, 0) is 30.2 Å². The highest BCUT2D eigenvalue weighted by molar-refractivity contribution is 6.32. The number of halogens is 1. The maximum atomic E-state index is 10.8. The van der Waals surface area contributed by atoms with Gasteiger partial charge in [0.15, 0.2) is 5.75 Å². The molecule has 0 radical (unpaired) electrons. The minimum atomic E-state index is -0.494. The Hall–Kier alpha value is -2.11. The molecule has 0 aliphatic carbocycles. The first-order chi connectivity index (χ1) is 9.51. The van der Waals surface area contributed by atoms with E-state index in [1.165, 1.54) is 18.2 Å². The summed E-state index contributed by atoms with van der Waals surface area (Å²) >= 11 is 6.00. The van der Waals surface area contributed by atoms with Gasteiger partial charge in [0.1, 0.15) is 5.75 Å². The summed E-state index contributed by atoms with van der Waals surface area (Å²) in [6, 6.07) is 9.65. The fourth-order valence-corrected chi connectivity index (χ4v) is 1.84. The largest absolute Gasteiger partial charge is 0.455 e. The van der Waals surface area contributed by atoms with Crippen molar-refractivity contribution in [3.05, 3.63) is 62.7 Å². The Labute approximate surface area is 121 Å². The van der Waals surface area contributed by atoms with Gasteiger partial charge in [0.25, 0.3) is 5.69 Å². The second-order valence-electron chi connectivity index (χ2n) is 4.28. The molecule has 0 aromatic heterocycles. The van der Waals surface area contributed by atoms with E-state index in [4.69, 9.17) is 22.1 Å². The molecule has 20 heavy (non-hydrogen) atoms. The molecule has 0 saturated carbocycles. The number of hydrogen-bond donors (Lipinski definition) is 1. The number of nitro groups is 1. The minimum Gasteiger partial charge on any atom is -0.455 e. The fourth-order valence-electron chi connectivity index (χ4n) is 1.68. The Balaban J connectivity index is 2.38. The fraction of sp³-hybridized carbons (Fsp3) is 0.143. The van der Waals surface area contributed by atoms with Crippen molar-refractivity contribution >= 4 is 17.3 Å². The lowest BCUT2D eigenvalue weighted by Gasteiger charge is -2.11. The van der Waals surface area contributed by atoms with E-state index in [1.807, 2.05) is 19.1 Å². The van der Waals surface area contributed by atoms with Gasteiger partial charge >= 0.3 is 0 Å². The Morgan fingerprint density at radius 1 is 1.25 bits per heavy atom. The summed E-state index contributed by atoms with van der Waals surface area (Å²) in [6.45, 7) is 2.26. The Morgan fingerprint density at radius 2 is 2.00 bits per heavy atom. The van der Waals surface area contributed by atoms with E-state index < -0.39 is 4.92 Å². The molecular weight excluding hydrogens is 280 g/mol. The van der Waals surface area contributed by atoms with Crippen molar-refractivity contribution < 1.29 is 9.66 Å². The van der Waals surface area contributed by atoms with Crippen LogP contribution < -0.4 is 10.5 Å². The summed E-state index contributed by atoms with van der Waals surface area (Å²) in [5, 5.41) is 11.1. The summed E-state index contributed by atoms with van der Waals surface area (Å²) in [5.74, 6) is 0.827. The maximum absolute atomic E-state index is 10.8. The highest BCUT2D eigenvalue weighted by atomic mass is 35.5. The first-order valence-electron chi connectivity index (χ1n) is 5.92. The molecule has 5 nitrogen and oxygen atoms in total. The molecule has 0 atom stereocenters. The third kappa shape index (κ3) is 3.07. The van der Waals surface area contributed by atoms with Crippen LogP contribution in [-0.4, -0.2) is 4.92 Å². The van der Waals surface area contributed by atoms with Crippen LogP contribution >= 0.6 is 11.6 Å². The van der Waals surface area contributed by atoms with Crippen LogP contribution in [0, 0.1) is 17.0 Å². The first kappa shape index (κ1) is 14.3. The molecule has 0 bridgehead atoms. The van der Waals surface area contributed by atoms with Crippen molar-refractivity contribution in [2.45, 2.75) is 13.5 Å². The number of nitrogens with two attached hydrogens (primary N) is 1. The summed E-state index contributed by atoms with van der Waals surface area (Å²) in [5.41, 5.74) is 7.32. The van der Waals surface area contributed by atoms with Crippen LogP contribution in [0.4, 0.5) is 5.69 Å². The van der Waals surface area contributed by atoms with Gasteiger partial charge in [-0.1, -0.05) is 23.7 Å². The van der Waals surface area contributed by atoms with Crippen LogP contribution in [0.5, 0.6) is 11.5 Å². The number of benzene rings is 2. The van der Waals surface area contributed by atoms with E-state index in [2.05, 4.69) is 0 Å². The lowest BCUT2D eigenvalue weighted by atomic mass is 10.1. The van der Waals surface area contributed by atoms with Gasteiger partial charge < -0.3 is 10.5 Å². The number of nitro benzene ring substituents is 1. The predicted molar refractivity (Wildman–Crippen MR) is 77.3 cm³/mol. The number of nitrogens with zero attached hydrogens (tertiary/aromatic N) is 1.